The van der Waals surface area contributed by atoms with Crippen molar-refractivity contribution in [1.29, 1.82) is 0 Å². The van der Waals surface area contributed by atoms with Crippen LogP contribution >= 0.6 is 11.9 Å². The van der Waals surface area contributed by atoms with Gasteiger partial charge in [0.1, 0.15) is 12.0 Å². The van der Waals surface area contributed by atoms with Gasteiger partial charge in [0.2, 0.25) is 0 Å². The van der Waals surface area contributed by atoms with E-state index in [4.69, 9.17) is 4.74 Å². The van der Waals surface area contributed by atoms with Gasteiger partial charge in [-0.3, -0.25) is 4.90 Å². The third kappa shape index (κ3) is 7.39. The van der Waals surface area contributed by atoms with Gasteiger partial charge in [0, 0.05) is 30.6 Å². The number of hydrogen-bond acceptors (Lipinski definition) is 5. The van der Waals surface area contributed by atoms with Crippen LogP contribution < -0.4 is 4.74 Å². The maximum absolute atomic E-state index is 13.2. The molecule has 0 radical (unpaired) electrons. The highest BCUT2D eigenvalue weighted by molar-refractivity contribution is 7.97. The molecule has 5 rings (SSSR count). The van der Waals surface area contributed by atoms with Crippen LogP contribution in [0, 0.1) is 11.8 Å². The Morgan fingerprint density at radius 2 is 1.56 bits per heavy atom. The molecule has 2 aliphatic carbocycles. The molecule has 2 unspecified atom stereocenters. The van der Waals surface area contributed by atoms with Gasteiger partial charge >= 0.3 is 6.18 Å². The molecule has 212 valence electrons. The Kier molecular flexibility index (Phi) is 9.56. The summed E-state index contributed by atoms with van der Waals surface area (Å²) in [4.78, 5) is 15.6. The Morgan fingerprint density at radius 1 is 0.897 bits per heavy atom. The summed E-state index contributed by atoms with van der Waals surface area (Å²) in [5, 5.41) is 0. The third-order valence-electron chi connectivity index (χ3n) is 8.63. The maximum Gasteiger partial charge on any atom is 0.416 e. The summed E-state index contributed by atoms with van der Waals surface area (Å²) < 4.78 is 47.7. The van der Waals surface area contributed by atoms with Gasteiger partial charge in [0.25, 0.3) is 0 Å². The van der Waals surface area contributed by atoms with E-state index in [-0.39, 0.29) is 12.1 Å². The molecule has 2 atom stereocenters. The fourth-order valence-electron chi connectivity index (χ4n) is 6.52. The first-order chi connectivity index (χ1) is 18.9. The standard InChI is InChI=1S/C31H39F3N2O2S/c32-31(33,34)26-12-10-25(11-13-26)30(24-8-4-5-9-24)35-18-19-36(27(20-35)21-37)39-29-16-14-28(15-17-29)38-22-23-6-2-1-3-7-23/h10-17,21,23-24,27,30H,1-9,18-20,22H2. The Labute approximate surface area is 234 Å². The largest absolute Gasteiger partial charge is 0.493 e. The predicted octanol–water partition coefficient (Wildman–Crippen LogP) is 7.79. The zero-order chi connectivity index (χ0) is 27.2. The summed E-state index contributed by atoms with van der Waals surface area (Å²) in [6.07, 6.45) is 7.58. The molecule has 1 heterocycles. The van der Waals surface area contributed by atoms with Crippen LogP contribution in [-0.2, 0) is 11.0 Å². The number of halogens is 3. The second kappa shape index (κ2) is 13.1. The van der Waals surface area contributed by atoms with E-state index in [0.717, 1.165) is 61.3 Å². The van der Waals surface area contributed by atoms with Gasteiger partial charge < -0.3 is 9.53 Å². The van der Waals surface area contributed by atoms with Crippen molar-refractivity contribution >= 4 is 18.2 Å². The zero-order valence-electron chi connectivity index (χ0n) is 22.5. The average molecular weight is 561 g/mol. The van der Waals surface area contributed by atoms with E-state index in [2.05, 4.69) is 21.3 Å². The smallest absolute Gasteiger partial charge is 0.416 e. The first-order valence-electron chi connectivity index (χ1n) is 14.4. The molecule has 39 heavy (non-hydrogen) atoms. The number of carbonyl (C=O) groups excluding carboxylic acids is 1. The lowest BCUT2D eigenvalue weighted by atomic mass is 9.89. The number of carbonyl (C=O) groups is 1. The topological polar surface area (TPSA) is 32.8 Å². The van der Waals surface area contributed by atoms with Crippen LogP contribution in [0.25, 0.3) is 0 Å². The van der Waals surface area contributed by atoms with Gasteiger partial charge in [-0.05, 0) is 91.4 Å². The molecule has 1 aliphatic heterocycles. The van der Waals surface area contributed by atoms with Crippen molar-refractivity contribution in [3.05, 3.63) is 59.7 Å². The number of aldehydes is 1. The molecule has 0 bridgehead atoms. The molecule has 0 spiro atoms. The molecular weight excluding hydrogens is 521 g/mol. The summed E-state index contributed by atoms with van der Waals surface area (Å²) in [5.41, 5.74) is 0.304. The van der Waals surface area contributed by atoms with Crippen molar-refractivity contribution in [3.8, 4) is 5.75 Å². The summed E-state index contributed by atoms with van der Waals surface area (Å²) in [6.45, 7) is 2.82. The van der Waals surface area contributed by atoms with E-state index in [1.54, 1.807) is 24.1 Å². The van der Waals surface area contributed by atoms with Gasteiger partial charge in [-0.15, -0.1) is 0 Å². The number of ether oxygens (including phenoxy) is 1. The normalized spacial score (nSPS) is 23.1. The average Bonchev–Trinajstić information content (AvgIpc) is 3.48. The Morgan fingerprint density at radius 3 is 2.21 bits per heavy atom. The van der Waals surface area contributed by atoms with Crippen LogP contribution in [0.3, 0.4) is 0 Å². The minimum Gasteiger partial charge on any atom is -0.493 e. The second-order valence-corrected chi connectivity index (χ2v) is 12.4. The molecule has 8 heteroatoms. The number of benzene rings is 2. The van der Waals surface area contributed by atoms with Gasteiger partial charge in [0.05, 0.1) is 18.2 Å². The highest BCUT2D eigenvalue weighted by Crippen LogP contribution is 2.42. The van der Waals surface area contributed by atoms with Gasteiger partial charge in [0.15, 0.2) is 0 Å². The molecule has 3 fully saturated rings. The maximum atomic E-state index is 13.2. The summed E-state index contributed by atoms with van der Waals surface area (Å²) in [7, 11) is 0. The molecule has 0 N–H and O–H groups in total. The Balaban J connectivity index is 1.21. The van der Waals surface area contributed by atoms with Crippen LogP contribution in [0.2, 0.25) is 0 Å². The Hall–Kier alpha value is -2.03. The molecule has 0 aromatic heterocycles. The highest BCUT2D eigenvalue weighted by Gasteiger charge is 2.37. The minimum absolute atomic E-state index is 0.0324. The van der Waals surface area contributed by atoms with Crippen molar-refractivity contribution in [3.63, 3.8) is 0 Å². The van der Waals surface area contributed by atoms with Crippen molar-refractivity contribution in [2.75, 3.05) is 26.2 Å². The van der Waals surface area contributed by atoms with Gasteiger partial charge in [-0.25, -0.2) is 4.31 Å². The van der Waals surface area contributed by atoms with Crippen LogP contribution in [0.1, 0.15) is 75.0 Å². The van der Waals surface area contributed by atoms with Crippen molar-refractivity contribution < 1.29 is 22.7 Å². The van der Waals surface area contributed by atoms with Crippen molar-refractivity contribution in [2.45, 2.75) is 80.9 Å². The van der Waals surface area contributed by atoms with E-state index in [1.807, 2.05) is 12.1 Å². The van der Waals surface area contributed by atoms with Crippen molar-refractivity contribution in [2.24, 2.45) is 11.8 Å². The summed E-state index contributed by atoms with van der Waals surface area (Å²) in [6, 6.07) is 13.6. The fourth-order valence-corrected chi connectivity index (χ4v) is 7.47. The summed E-state index contributed by atoms with van der Waals surface area (Å²) >= 11 is 1.59. The molecule has 4 nitrogen and oxygen atoms in total. The quantitative estimate of drug-likeness (QED) is 0.231. The molecular formula is C31H39F3N2O2S. The highest BCUT2D eigenvalue weighted by atomic mass is 32.2. The van der Waals surface area contributed by atoms with Crippen LogP contribution in [0.15, 0.2) is 53.4 Å². The number of hydrogen-bond donors (Lipinski definition) is 0. The molecule has 3 aliphatic rings. The first kappa shape index (κ1) is 28.5. The van der Waals surface area contributed by atoms with E-state index in [0.29, 0.717) is 24.9 Å². The zero-order valence-corrected chi connectivity index (χ0v) is 23.3. The Bertz CT molecular complexity index is 1050. The second-order valence-electron chi connectivity index (χ2n) is 11.3. The number of rotatable bonds is 9. The van der Waals surface area contributed by atoms with Crippen LogP contribution in [-0.4, -0.2) is 47.8 Å². The molecule has 0 amide bonds. The lowest BCUT2D eigenvalue weighted by molar-refractivity contribution is -0.137. The number of alkyl halides is 3. The monoisotopic (exact) mass is 560 g/mol. The third-order valence-corrected chi connectivity index (χ3v) is 9.80. The molecule has 2 aromatic carbocycles. The SMILES string of the molecule is O=CC1CN(C(c2ccc(C(F)(F)F)cc2)C2CCCC2)CCN1Sc1ccc(OCC2CCCCC2)cc1. The van der Waals surface area contributed by atoms with E-state index >= 15 is 0 Å². The van der Waals surface area contributed by atoms with Gasteiger partial charge in [-0.2, -0.15) is 13.2 Å². The fraction of sp³-hybridized carbons (Fsp3) is 0.581. The van der Waals surface area contributed by atoms with Crippen LogP contribution in [0.4, 0.5) is 13.2 Å². The van der Waals surface area contributed by atoms with Crippen LogP contribution in [0.5, 0.6) is 5.75 Å². The van der Waals surface area contributed by atoms with Crippen molar-refractivity contribution in [1.82, 2.24) is 9.21 Å². The molecule has 2 saturated carbocycles. The van der Waals surface area contributed by atoms with E-state index in [9.17, 15) is 18.0 Å². The summed E-state index contributed by atoms with van der Waals surface area (Å²) in [5.74, 6) is 1.94. The first-order valence-corrected chi connectivity index (χ1v) is 15.2. The molecule has 2 aromatic rings. The number of piperazine rings is 1. The van der Waals surface area contributed by atoms with E-state index < -0.39 is 11.7 Å². The van der Waals surface area contributed by atoms with E-state index in [1.165, 1.54) is 44.2 Å². The number of nitrogens with zero attached hydrogens (tertiary/aromatic N) is 2. The molecule has 1 saturated heterocycles. The van der Waals surface area contributed by atoms with Gasteiger partial charge in [-0.1, -0.05) is 44.2 Å². The lowest BCUT2D eigenvalue weighted by Gasteiger charge is -2.44. The minimum atomic E-state index is -4.34. The lowest BCUT2D eigenvalue weighted by Crippen LogP contribution is -2.52. The predicted molar refractivity (Wildman–Crippen MR) is 149 cm³/mol.